The molecule has 7 nitrogen and oxygen atoms in total. The fourth-order valence-electron chi connectivity index (χ4n) is 3.54. The third-order valence-corrected chi connectivity index (χ3v) is 6.31. The van der Waals surface area contributed by atoms with Crippen molar-refractivity contribution in [3.05, 3.63) is 88.4 Å². The average Bonchev–Trinajstić information content (AvgIpc) is 3.57. The van der Waals surface area contributed by atoms with Gasteiger partial charge in [-0.2, -0.15) is 0 Å². The van der Waals surface area contributed by atoms with Crippen molar-refractivity contribution in [2.24, 2.45) is 0 Å². The van der Waals surface area contributed by atoms with Crippen LogP contribution in [0.15, 0.2) is 60.0 Å². The van der Waals surface area contributed by atoms with Crippen molar-refractivity contribution in [2.75, 3.05) is 13.9 Å². The number of fused-ring (bicyclic) bond motifs is 1. The monoisotopic (exact) mass is 510 g/mol. The summed E-state index contributed by atoms with van der Waals surface area (Å²) in [7, 11) is 1.50. The number of ether oxygens (including phenoxy) is 4. The Hall–Kier alpha value is -4.18. The van der Waals surface area contributed by atoms with E-state index < -0.39 is 11.6 Å². The van der Waals surface area contributed by atoms with Gasteiger partial charge in [0.1, 0.15) is 17.3 Å². The Morgan fingerprint density at radius 3 is 2.67 bits per heavy atom. The molecule has 0 atom stereocenters. The van der Waals surface area contributed by atoms with E-state index in [0.29, 0.717) is 45.8 Å². The molecule has 1 aromatic heterocycles. The number of benzene rings is 3. The number of amides is 1. The van der Waals surface area contributed by atoms with Gasteiger partial charge in [0, 0.05) is 17.5 Å². The normalized spacial score (nSPS) is 11.9. The van der Waals surface area contributed by atoms with Crippen LogP contribution in [-0.2, 0) is 13.2 Å². The minimum atomic E-state index is -0.932. The van der Waals surface area contributed by atoms with E-state index >= 15 is 0 Å². The first-order valence-corrected chi connectivity index (χ1v) is 11.8. The molecule has 4 aromatic rings. The zero-order valence-corrected chi connectivity index (χ0v) is 19.9. The van der Waals surface area contributed by atoms with Crippen LogP contribution in [0.25, 0.3) is 10.6 Å². The van der Waals surface area contributed by atoms with Crippen LogP contribution in [0.1, 0.15) is 21.6 Å². The standard InChI is InChI=1S/C26H20F2N2O5S/c1-32-23-10-17(4-7-21(23)33-12-16-2-5-18(27)19(28)8-16)26-30-20(13-36-26)25(31)29-11-15-3-6-22-24(9-15)35-14-34-22/h2-10,13H,11-12,14H2,1H3,(H,29,31). The van der Waals surface area contributed by atoms with E-state index in [0.717, 1.165) is 23.3 Å². The van der Waals surface area contributed by atoms with Crippen molar-refractivity contribution in [2.45, 2.75) is 13.2 Å². The SMILES string of the molecule is COc1cc(-c2nc(C(=O)NCc3ccc4c(c3)OCO4)cs2)ccc1OCc1ccc(F)c(F)c1. The van der Waals surface area contributed by atoms with Gasteiger partial charge in [0.2, 0.25) is 6.79 Å². The number of halogens is 2. The van der Waals surface area contributed by atoms with Gasteiger partial charge in [0.25, 0.3) is 5.91 Å². The topological polar surface area (TPSA) is 78.9 Å². The highest BCUT2D eigenvalue weighted by atomic mass is 32.1. The molecule has 0 bridgehead atoms. The van der Waals surface area contributed by atoms with Crippen LogP contribution >= 0.6 is 11.3 Å². The van der Waals surface area contributed by atoms with E-state index in [9.17, 15) is 13.6 Å². The molecule has 36 heavy (non-hydrogen) atoms. The molecule has 184 valence electrons. The van der Waals surface area contributed by atoms with Gasteiger partial charge in [-0.25, -0.2) is 13.8 Å². The number of rotatable bonds is 8. The van der Waals surface area contributed by atoms with Crippen LogP contribution in [-0.4, -0.2) is 24.8 Å². The molecule has 1 amide bonds. The van der Waals surface area contributed by atoms with Crippen LogP contribution in [0, 0.1) is 11.6 Å². The van der Waals surface area contributed by atoms with Crippen molar-refractivity contribution in [1.29, 1.82) is 0 Å². The summed E-state index contributed by atoms with van der Waals surface area (Å²) in [4.78, 5) is 17.1. The lowest BCUT2D eigenvalue weighted by Crippen LogP contribution is -2.23. The van der Waals surface area contributed by atoms with Gasteiger partial charge in [-0.3, -0.25) is 4.79 Å². The number of nitrogens with one attached hydrogen (secondary N) is 1. The first-order chi connectivity index (χ1) is 17.5. The van der Waals surface area contributed by atoms with E-state index in [4.69, 9.17) is 18.9 Å². The lowest BCUT2D eigenvalue weighted by molar-refractivity contribution is 0.0946. The van der Waals surface area contributed by atoms with Gasteiger partial charge in [0.05, 0.1) is 7.11 Å². The Morgan fingerprint density at radius 1 is 1.00 bits per heavy atom. The first kappa shape index (κ1) is 23.6. The second-order valence-electron chi connectivity index (χ2n) is 7.81. The summed E-state index contributed by atoms with van der Waals surface area (Å²) in [6.07, 6.45) is 0. The molecule has 10 heteroatoms. The van der Waals surface area contributed by atoms with E-state index in [-0.39, 0.29) is 19.3 Å². The van der Waals surface area contributed by atoms with Crippen LogP contribution in [0.4, 0.5) is 8.78 Å². The molecule has 0 radical (unpaired) electrons. The van der Waals surface area contributed by atoms with Crippen molar-refractivity contribution in [1.82, 2.24) is 10.3 Å². The van der Waals surface area contributed by atoms with Gasteiger partial charge < -0.3 is 24.3 Å². The highest BCUT2D eigenvalue weighted by molar-refractivity contribution is 7.13. The molecule has 1 aliphatic rings. The summed E-state index contributed by atoms with van der Waals surface area (Å²) in [6, 6.07) is 14.3. The van der Waals surface area contributed by atoms with Crippen LogP contribution in [0.5, 0.6) is 23.0 Å². The van der Waals surface area contributed by atoms with Gasteiger partial charge in [0.15, 0.2) is 34.6 Å². The molecular formula is C26H20F2N2O5S. The van der Waals surface area contributed by atoms with Crippen LogP contribution in [0.3, 0.4) is 0 Å². The number of methoxy groups -OCH3 is 1. The lowest BCUT2D eigenvalue weighted by Gasteiger charge is -2.12. The fraction of sp³-hybridized carbons (Fsp3) is 0.154. The van der Waals surface area contributed by atoms with Crippen LogP contribution in [0.2, 0.25) is 0 Å². The lowest BCUT2D eigenvalue weighted by atomic mass is 10.2. The molecule has 1 N–H and O–H groups in total. The Morgan fingerprint density at radius 2 is 1.83 bits per heavy atom. The maximum absolute atomic E-state index is 13.4. The molecule has 1 aliphatic heterocycles. The Bertz CT molecular complexity index is 1430. The molecule has 0 spiro atoms. The van der Waals surface area contributed by atoms with Gasteiger partial charge in [-0.15, -0.1) is 11.3 Å². The maximum atomic E-state index is 13.4. The molecule has 2 heterocycles. The third kappa shape index (κ3) is 5.08. The number of thiazole rings is 1. The number of nitrogens with zero attached hydrogens (tertiary/aromatic N) is 1. The molecule has 0 saturated heterocycles. The predicted molar refractivity (Wildman–Crippen MR) is 129 cm³/mol. The molecule has 0 aliphatic carbocycles. The molecule has 0 fully saturated rings. The highest BCUT2D eigenvalue weighted by Gasteiger charge is 2.16. The zero-order valence-electron chi connectivity index (χ0n) is 19.0. The minimum Gasteiger partial charge on any atom is -0.493 e. The number of hydrogen-bond donors (Lipinski definition) is 1. The van der Waals surface area contributed by atoms with E-state index in [1.54, 1.807) is 23.6 Å². The van der Waals surface area contributed by atoms with E-state index in [1.807, 2.05) is 18.2 Å². The Kier molecular flexibility index (Phi) is 6.68. The second-order valence-corrected chi connectivity index (χ2v) is 8.67. The summed E-state index contributed by atoms with van der Waals surface area (Å²) in [5.41, 5.74) is 2.41. The molecule has 0 unspecified atom stereocenters. The second kappa shape index (κ2) is 10.2. The first-order valence-electron chi connectivity index (χ1n) is 10.9. The van der Waals surface area contributed by atoms with Crippen molar-refractivity contribution in [3.8, 4) is 33.6 Å². The summed E-state index contributed by atoms with van der Waals surface area (Å²) >= 11 is 1.33. The van der Waals surface area contributed by atoms with Crippen molar-refractivity contribution >= 4 is 17.2 Å². The summed E-state index contributed by atoms with van der Waals surface area (Å²) in [5.74, 6) is 0.0780. The Labute approximate surface area is 209 Å². The van der Waals surface area contributed by atoms with Gasteiger partial charge in [-0.1, -0.05) is 12.1 Å². The average molecular weight is 511 g/mol. The minimum absolute atomic E-state index is 0.0395. The molecular weight excluding hydrogens is 490 g/mol. The van der Waals surface area contributed by atoms with Crippen LogP contribution < -0.4 is 24.3 Å². The number of hydrogen-bond acceptors (Lipinski definition) is 7. The summed E-state index contributed by atoms with van der Waals surface area (Å²) < 4.78 is 48.4. The van der Waals surface area contributed by atoms with Crippen molar-refractivity contribution in [3.63, 3.8) is 0 Å². The third-order valence-electron chi connectivity index (χ3n) is 5.42. The quantitative estimate of drug-likeness (QED) is 0.345. The van der Waals surface area contributed by atoms with Gasteiger partial charge in [-0.05, 0) is 53.6 Å². The summed E-state index contributed by atoms with van der Waals surface area (Å²) in [6.45, 7) is 0.552. The zero-order chi connectivity index (χ0) is 25.1. The number of carbonyl (C=O) groups excluding carboxylic acids is 1. The predicted octanol–water partition coefficient (Wildman–Crippen LogP) is 5.33. The van der Waals surface area contributed by atoms with Gasteiger partial charge >= 0.3 is 0 Å². The summed E-state index contributed by atoms with van der Waals surface area (Å²) in [5, 5.41) is 5.17. The highest BCUT2D eigenvalue weighted by Crippen LogP contribution is 2.35. The van der Waals surface area contributed by atoms with E-state index in [2.05, 4.69) is 10.3 Å². The molecule has 0 saturated carbocycles. The van der Waals surface area contributed by atoms with Crippen molar-refractivity contribution < 1.29 is 32.5 Å². The maximum Gasteiger partial charge on any atom is 0.271 e. The fourth-order valence-corrected chi connectivity index (χ4v) is 4.34. The smallest absolute Gasteiger partial charge is 0.271 e. The Balaban J connectivity index is 1.23. The molecule has 5 rings (SSSR count). The molecule has 3 aromatic carbocycles. The number of carbonyl (C=O) groups is 1. The number of aromatic nitrogens is 1. The van der Waals surface area contributed by atoms with E-state index in [1.165, 1.54) is 24.5 Å². The largest absolute Gasteiger partial charge is 0.493 e.